The quantitative estimate of drug-likeness (QED) is 0.722. The molecule has 0 fully saturated rings. The summed E-state index contributed by atoms with van der Waals surface area (Å²) in [7, 11) is 1.68. The molecule has 1 atom stereocenters. The van der Waals surface area contributed by atoms with Crippen molar-refractivity contribution in [2.24, 2.45) is 0 Å². The van der Waals surface area contributed by atoms with Crippen LogP contribution in [0.25, 0.3) is 0 Å². The van der Waals surface area contributed by atoms with Crippen molar-refractivity contribution in [1.82, 2.24) is 9.88 Å². The Morgan fingerprint density at radius 3 is 2.68 bits per heavy atom. The van der Waals surface area contributed by atoms with Crippen LogP contribution in [0.4, 0.5) is 5.69 Å². The van der Waals surface area contributed by atoms with Crippen LogP contribution < -0.4 is 10.1 Å². The van der Waals surface area contributed by atoms with Crippen molar-refractivity contribution < 1.29 is 9.47 Å². The number of aromatic nitrogens is 1. The van der Waals surface area contributed by atoms with Crippen molar-refractivity contribution in [2.45, 2.75) is 19.9 Å². The van der Waals surface area contributed by atoms with Crippen LogP contribution in [0, 0.1) is 0 Å². The van der Waals surface area contributed by atoms with E-state index in [1.165, 1.54) is 0 Å². The third-order valence-corrected chi connectivity index (χ3v) is 4.15. The van der Waals surface area contributed by atoms with Crippen LogP contribution in [-0.4, -0.2) is 41.9 Å². The van der Waals surface area contributed by atoms with Crippen LogP contribution in [0.5, 0.6) is 5.75 Å². The molecule has 1 aromatic heterocycles. The maximum Gasteiger partial charge on any atom is 0.174 e. The van der Waals surface area contributed by atoms with E-state index >= 15 is 0 Å². The lowest BCUT2D eigenvalue weighted by molar-refractivity contribution is 0.164. The summed E-state index contributed by atoms with van der Waals surface area (Å²) in [6, 6.07) is 13.7. The SMILES string of the molecule is CCOc1ccccc1NC(=S)N(CCOC)[C@@H](C)c1ccccn1. The lowest BCUT2D eigenvalue weighted by Gasteiger charge is -2.31. The van der Waals surface area contributed by atoms with Crippen molar-refractivity contribution in [3.63, 3.8) is 0 Å². The first-order valence-electron chi connectivity index (χ1n) is 8.36. The van der Waals surface area contributed by atoms with Crippen LogP contribution in [0.15, 0.2) is 48.7 Å². The number of hydrogen-bond acceptors (Lipinski definition) is 4. The summed E-state index contributed by atoms with van der Waals surface area (Å²) in [5.74, 6) is 0.782. The highest BCUT2D eigenvalue weighted by Gasteiger charge is 2.20. The van der Waals surface area contributed by atoms with E-state index in [1.54, 1.807) is 13.3 Å². The van der Waals surface area contributed by atoms with Gasteiger partial charge in [0.25, 0.3) is 0 Å². The first-order valence-corrected chi connectivity index (χ1v) is 8.77. The van der Waals surface area contributed by atoms with Gasteiger partial charge in [0.15, 0.2) is 5.11 Å². The number of hydrogen-bond donors (Lipinski definition) is 1. The Balaban J connectivity index is 2.18. The second-order valence-corrected chi connectivity index (χ2v) is 5.86. The van der Waals surface area contributed by atoms with E-state index in [0.29, 0.717) is 24.9 Å². The number of methoxy groups -OCH3 is 1. The molecule has 0 radical (unpaired) electrons. The molecule has 25 heavy (non-hydrogen) atoms. The minimum absolute atomic E-state index is 0.0237. The van der Waals surface area contributed by atoms with Crippen molar-refractivity contribution >= 4 is 23.0 Å². The maximum atomic E-state index is 5.67. The molecular formula is C19H25N3O2S. The molecule has 0 amide bonds. The number of thiocarbonyl (C=S) groups is 1. The fraction of sp³-hybridized carbons (Fsp3) is 0.368. The second-order valence-electron chi connectivity index (χ2n) is 5.48. The van der Waals surface area contributed by atoms with Gasteiger partial charge in [-0.15, -0.1) is 0 Å². The molecule has 0 saturated carbocycles. The number of benzene rings is 1. The molecular weight excluding hydrogens is 334 g/mol. The molecule has 0 spiro atoms. The third-order valence-electron chi connectivity index (χ3n) is 3.81. The topological polar surface area (TPSA) is 46.6 Å². The lowest BCUT2D eigenvalue weighted by atomic mass is 10.2. The molecule has 0 aliphatic rings. The van der Waals surface area contributed by atoms with Gasteiger partial charge < -0.3 is 19.7 Å². The highest BCUT2D eigenvalue weighted by atomic mass is 32.1. The van der Waals surface area contributed by atoms with Crippen molar-refractivity contribution in [3.05, 3.63) is 54.4 Å². The van der Waals surface area contributed by atoms with E-state index in [0.717, 1.165) is 17.1 Å². The number of nitrogens with zero attached hydrogens (tertiary/aromatic N) is 2. The summed E-state index contributed by atoms with van der Waals surface area (Å²) in [4.78, 5) is 6.52. The van der Waals surface area contributed by atoms with Gasteiger partial charge >= 0.3 is 0 Å². The molecule has 0 saturated heterocycles. The number of nitrogens with one attached hydrogen (secondary N) is 1. The van der Waals surface area contributed by atoms with Crippen LogP contribution in [0.2, 0.25) is 0 Å². The minimum atomic E-state index is 0.0237. The lowest BCUT2D eigenvalue weighted by Crippen LogP contribution is -2.39. The Morgan fingerprint density at radius 1 is 1.24 bits per heavy atom. The molecule has 0 bridgehead atoms. The number of para-hydroxylation sites is 2. The standard InChI is InChI=1S/C19H25N3O2S/c1-4-24-18-11-6-5-10-17(18)21-19(25)22(13-14-23-3)15(2)16-9-7-8-12-20-16/h5-12,15H,4,13-14H2,1-3H3,(H,21,25)/t15-/m0/s1. The van der Waals surface area contributed by atoms with Crippen molar-refractivity contribution in [3.8, 4) is 5.75 Å². The molecule has 0 aliphatic heterocycles. The van der Waals surface area contributed by atoms with E-state index in [4.69, 9.17) is 21.7 Å². The number of pyridine rings is 1. The van der Waals surface area contributed by atoms with Crippen LogP contribution in [-0.2, 0) is 4.74 Å². The van der Waals surface area contributed by atoms with Crippen LogP contribution >= 0.6 is 12.2 Å². The fourth-order valence-electron chi connectivity index (χ4n) is 2.48. The molecule has 6 heteroatoms. The van der Waals surface area contributed by atoms with Gasteiger partial charge in [-0.25, -0.2) is 0 Å². The predicted molar refractivity (Wildman–Crippen MR) is 105 cm³/mol. The summed E-state index contributed by atoms with van der Waals surface area (Å²) in [6.45, 7) is 5.88. The molecule has 1 heterocycles. The van der Waals surface area contributed by atoms with Gasteiger partial charge in [0.05, 0.1) is 30.6 Å². The molecule has 1 aromatic carbocycles. The highest BCUT2D eigenvalue weighted by molar-refractivity contribution is 7.80. The van der Waals surface area contributed by atoms with E-state index in [-0.39, 0.29) is 6.04 Å². The number of ether oxygens (including phenoxy) is 2. The van der Waals surface area contributed by atoms with E-state index < -0.39 is 0 Å². The van der Waals surface area contributed by atoms with Gasteiger partial charge in [-0.1, -0.05) is 18.2 Å². The summed E-state index contributed by atoms with van der Waals surface area (Å²) >= 11 is 5.67. The normalized spacial score (nSPS) is 11.6. The Morgan fingerprint density at radius 2 is 2.00 bits per heavy atom. The zero-order valence-electron chi connectivity index (χ0n) is 14.9. The first-order chi connectivity index (χ1) is 12.2. The summed E-state index contributed by atoms with van der Waals surface area (Å²) in [5, 5.41) is 3.92. The predicted octanol–water partition coefficient (Wildman–Crippen LogP) is 3.89. The molecule has 0 aliphatic carbocycles. The maximum absolute atomic E-state index is 5.67. The average Bonchev–Trinajstić information content (AvgIpc) is 2.64. The zero-order chi connectivity index (χ0) is 18.1. The second kappa shape index (κ2) is 9.96. The van der Waals surface area contributed by atoms with E-state index in [2.05, 4.69) is 22.1 Å². The number of anilines is 1. The third kappa shape index (κ3) is 5.41. The Kier molecular flexibility index (Phi) is 7.63. The highest BCUT2D eigenvalue weighted by Crippen LogP contribution is 2.26. The average molecular weight is 359 g/mol. The van der Waals surface area contributed by atoms with Crippen LogP contribution in [0.1, 0.15) is 25.6 Å². The monoisotopic (exact) mass is 359 g/mol. The van der Waals surface area contributed by atoms with Gasteiger partial charge in [0, 0.05) is 19.9 Å². The largest absolute Gasteiger partial charge is 0.492 e. The van der Waals surface area contributed by atoms with Gasteiger partial charge in [0.1, 0.15) is 5.75 Å². The Hall–Kier alpha value is -2.18. The molecule has 0 unspecified atom stereocenters. The van der Waals surface area contributed by atoms with Crippen molar-refractivity contribution in [2.75, 3.05) is 32.2 Å². The van der Waals surface area contributed by atoms with Gasteiger partial charge in [0.2, 0.25) is 0 Å². The van der Waals surface area contributed by atoms with E-state index in [1.807, 2.05) is 49.4 Å². The van der Waals surface area contributed by atoms with Crippen molar-refractivity contribution in [1.29, 1.82) is 0 Å². The first kappa shape index (κ1) is 19.1. The zero-order valence-corrected chi connectivity index (χ0v) is 15.8. The van der Waals surface area contributed by atoms with Gasteiger partial charge in [-0.05, 0) is 50.3 Å². The Labute approximate surface area is 155 Å². The molecule has 2 aromatic rings. The van der Waals surface area contributed by atoms with Gasteiger partial charge in [-0.2, -0.15) is 0 Å². The molecule has 5 nitrogen and oxygen atoms in total. The Bertz CT molecular complexity index is 667. The smallest absolute Gasteiger partial charge is 0.174 e. The molecule has 1 N–H and O–H groups in total. The van der Waals surface area contributed by atoms with Crippen LogP contribution in [0.3, 0.4) is 0 Å². The molecule has 2 rings (SSSR count). The fourth-order valence-corrected chi connectivity index (χ4v) is 2.84. The summed E-state index contributed by atoms with van der Waals surface area (Å²) in [6.07, 6.45) is 1.79. The summed E-state index contributed by atoms with van der Waals surface area (Å²) < 4.78 is 10.9. The van der Waals surface area contributed by atoms with E-state index in [9.17, 15) is 0 Å². The summed E-state index contributed by atoms with van der Waals surface area (Å²) in [5.41, 5.74) is 1.81. The molecule has 134 valence electrons. The van der Waals surface area contributed by atoms with Gasteiger partial charge in [-0.3, -0.25) is 4.98 Å². The number of rotatable bonds is 8. The minimum Gasteiger partial charge on any atom is -0.492 e.